The predicted octanol–water partition coefficient (Wildman–Crippen LogP) is 1.62. The third-order valence-corrected chi connectivity index (χ3v) is 3.82. The molecule has 1 heterocycles. The van der Waals surface area contributed by atoms with Crippen LogP contribution < -0.4 is 5.73 Å². The van der Waals surface area contributed by atoms with Gasteiger partial charge in [-0.2, -0.15) is 17.6 Å². The quantitative estimate of drug-likeness (QED) is 0.773. The lowest BCUT2D eigenvalue weighted by atomic mass is 9.98. The fourth-order valence-corrected chi connectivity index (χ4v) is 2.65. The Morgan fingerprint density at radius 3 is 2.00 bits per heavy atom. The van der Waals surface area contributed by atoms with Gasteiger partial charge in [0, 0.05) is 0 Å². The van der Waals surface area contributed by atoms with Crippen LogP contribution in [0.15, 0.2) is 0 Å². The largest absolute Gasteiger partial charge is 0.329 e. The molecule has 1 aliphatic heterocycles. The maximum absolute atomic E-state index is 13.0. The molecule has 104 valence electrons. The molecule has 1 aliphatic carbocycles. The van der Waals surface area contributed by atoms with Crippen molar-refractivity contribution in [3.8, 4) is 0 Å². The van der Waals surface area contributed by atoms with Crippen molar-refractivity contribution in [3.05, 3.63) is 0 Å². The van der Waals surface area contributed by atoms with Crippen molar-refractivity contribution in [2.45, 2.75) is 43.6 Å². The zero-order chi connectivity index (χ0) is 13.6. The molecule has 7 heteroatoms. The first-order valence-electron chi connectivity index (χ1n) is 6.05. The van der Waals surface area contributed by atoms with Gasteiger partial charge in [0.05, 0.1) is 19.1 Å². The van der Waals surface area contributed by atoms with Gasteiger partial charge in [0.2, 0.25) is 5.91 Å². The lowest BCUT2D eigenvalue weighted by Gasteiger charge is -2.23. The molecule has 1 saturated heterocycles. The minimum absolute atomic E-state index is 0.0691. The number of rotatable bonds is 2. The molecule has 0 bridgehead atoms. The second-order valence-corrected chi connectivity index (χ2v) is 5.17. The first-order chi connectivity index (χ1) is 8.24. The summed E-state index contributed by atoms with van der Waals surface area (Å²) in [6.45, 7) is -2.47. The molecule has 0 radical (unpaired) electrons. The first-order valence-corrected chi connectivity index (χ1v) is 6.05. The maximum Gasteiger partial charge on any atom is 0.329 e. The third-order valence-electron chi connectivity index (χ3n) is 3.82. The average Bonchev–Trinajstić information content (AvgIpc) is 2.84. The van der Waals surface area contributed by atoms with Gasteiger partial charge in [-0.15, -0.1) is 0 Å². The summed E-state index contributed by atoms with van der Waals surface area (Å²) in [5.41, 5.74) is 5.70. The molecule has 1 saturated carbocycles. The second kappa shape index (κ2) is 4.36. The molecular weight excluding hydrogens is 252 g/mol. The molecule has 0 spiro atoms. The van der Waals surface area contributed by atoms with Gasteiger partial charge in [0.15, 0.2) is 0 Å². The number of amides is 1. The molecule has 2 N–H and O–H groups in total. The minimum atomic E-state index is -4.15. The molecule has 0 unspecified atom stereocenters. The van der Waals surface area contributed by atoms with E-state index in [0.29, 0.717) is 4.90 Å². The summed E-state index contributed by atoms with van der Waals surface area (Å²) in [5, 5.41) is 0. The summed E-state index contributed by atoms with van der Waals surface area (Å²) in [5.74, 6) is -9.16. The molecule has 0 aromatic carbocycles. The number of likely N-dealkylation sites (tertiary alicyclic amines) is 1. The van der Waals surface area contributed by atoms with E-state index in [1.807, 2.05) is 0 Å². The normalized spacial score (nSPS) is 28.6. The zero-order valence-corrected chi connectivity index (χ0v) is 9.84. The minimum Gasteiger partial charge on any atom is -0.329 e. The summed E-state index contributed by atoms with van der Waals surface area (Å²) < 4.78 is 52.0. The SMILES string of the molecule is N[C@H](C(=O)N1CC(F)(F)C(F)(F)C1)C1CCCC1. The lowest BCUT2D eigenvalue weighted by molar-refractivity contribution is -0.172. The van der Waals surface area contributed by atoms with Crippen LogP contribution in [0.1, 0.15) is 25.7 Å². The van der Waals surface area contributed by atoms with E-state index < -0.39 is 36.9 Å². The number of halogens is 4. The Labute approximate surface area is 102 Å². The Balaban J connectivity index is 2.02. The van der Waals surface area contributed by atoms with E-state index in [4.69, 9.17) is 5.73 Å². The zero-order valence-electron chi connectivity index (χ0n) is 9.84. The summed E-state index contributed by atoms with van der Waals surface area (Å²) in [4.78, 5) is 12.3. The van der Waals surface area contributed by atoms with Gasteiger partial charge in [-0.25, -0.2) is 0 Å². The Morgan fingerprint density at radius 2 is 1.56 bits per heavy atom. The molecule has 2 aliphatic rings. The molecule has 2 fully saturated rings. The topological polar surface area (TPSA) is 46.3 Å². The van der Waals surface area contributed by atoms with Crippen molar-refractivity contribution in [3.63, 3.8) is 0 Å². The van der Waals surface area contributed by atoms with Crippen LogP contribution in [-0.4, -0.2) is 41.8 Å². The van der Waals surface area contributed by atoms with Gasteiger partial charge >= 0.3 is 11.8 Å². The number of nitrogens with zero attached hydrogens (tertiary/aromatic N) is 1. The van der Waals surface area contributed by atoms with Crippen LogP contribution in [-0.2, 0) is 4.79 Å². The molecule has 18 heavy (non-hydrogen) atoms. The monoisotopic (exact) mass is 268 g/mol. The standard InChI is InChI=1S/C11H16F4N2O/c12-10(13)5-17(6-11(10,14)15)9(18)8(16)7-3-1-2-4-7/h7-8H,1-6,16H2/t8-/m0/s1. The van der Waals surface area contributed by atoms with E-state index in [1.54, 1.807) is 0 Å². The van der Waals surface area contributed by atoms with Gasteiger partial charge in [-0.05, 0) is 18.8 Å². The Bertz CT molecular complexity index is 326. The highest BCUT2D eigenvalue weighted by Gasteiger charge is 2.64. The van der Waals surface area contributed by atoms with Crippen LogP contribution in [0.25, 0.3) is 0 Å². The van der Waals surface area contributed by atoms with Crippen molar-refractivity contribution in [1.82, 2.24) is 4.90 Å². The summed E-state index contributed by atoms with van der Waals surface area (Å²) in [6.07, 6.45) is 3.40. The molecule has 0 aromatic rings. The van der Waals surface area contributed by atoms with Crippen molar-refractivity contribution < 1.29 is 22.4 Å². The van der Waals surface area contributed by atoms with Crippen LogP contribution in [0, 0.1) is 5.92 Å². The second-order valence-electron chi connectivity index (χ2n) is 5.17. The van der Waals surface area contributed by atoms with E-state index in [9.17, 15) is 22.4 Å². The smallest absolute Gasteiger partial charge is 0.329 e. The summed E-state index contributed by atoms with van der Waals surface area (Å²) in [7, 11) is 0. The molecule has 3 nitrogen and oxygen atoms in total. The van der Waals surface area contributed by atoms with Crippen LogP contribution in [0.3, 0.4) is 0 Å². The highest BCUT2D eigenvalue weighted by molar-refractivity contribution is 5.82. The van der Waals surface area contributed by atoms with Crippen LogP contribution in [0.2, 0.25) is 0 Å². The number of hydrogen-bond donors (Lipinski definition) is 1. The highest BCUT2D eigenvalue weighted by Crippen LogP contribution is 2.41. The van der Waals surface area contributed by atoms with Crippen molar-refractivity contribution in [1.29, 1.82) is 0 Å². The first kappa shape index (κ1) is 13.6. The van der Waals surface area contributed by atoms with Gasteiger partial charge in [0.25, 0.3) is 0 Å². The summed E-state index contributed by atoms with van der Waals surface area (Å²) >= 11 is 0. The van der Waals surface area contributed by atoms with Crippen molar-refractivity contribution in [2.24, 2.45) is 11.7 Å². The van der Waals surface area contributed by atoms with E-state index in [-0.39, 0.29) is 5.92 Å². The van der Waals surface area contributed by atoms with Gasteiger partial charge in [-0.1, -0.05) is 12.8 Å². The number of hydrogen-bond acceptors (Lipinski definition) is 2. The molecule has 1 amide bonds. The van der Waals surface area contributed by atoms with E-state index in [0.717, 1.165) is 25.7 Å². The maximum atomic E-state index is 13.0. The molecule has 1 atom stereocenters. The predicted molar refractivity (Wildman–Crippen MR) is 56.4 cm³/mol. The number of carbonyl (C=O) groups excluding carboxylic acids is 1. The van der Waals surface area contributed by atoms with Crippen LogP contribution in [0.5, 0.6) is 0 Å². The van der Waals surface area contributed by atoms with Gasteiger partial charge in [-0.3, -0.25) is 4.79 Å². The summed E-state index contributed by atoms with van der Waals surface area (Å²) in [6, 6.07) is -0.933. The molecule has 2 rings (SSSR count). The molecule has 0 aromatic heterocycles. The fraction of sp³-hybridized carbons (Fsp3) is 0.909. The number of carbonyl (C=O) groups is 1. The Morgan fingerprint density at radius 1 is 1.11 bits per heavy atom. The highest BCUT2D eigenvalue weighted by atomic mass is 19.3. The fourth-order valence-electron chi connectivity index (χ4n) is 2.65. The van der Waals surface area contributed by atoms with Gasteiger partial charge < -0.3 is 10.6 Å². The number of alkyl halides is 4. The van der Waals surface area contributed by atoms with E-state index in [2.05, 4.69) is 0 Å². The Hall–Kier alpha value is -0.850. The third kappa shape index (κ3) is 2.20. The van der Waals surface area contributed by atoms with Crippen LogP contribution in [0.4, 0.5) is 17.6 Å². The van der Waals surface area contributed by atoms with Crippen LogP contribution >= 0.6 is 0 Å². The van der Waals surface area contributed by atoms with Crippen molar-refractivity contribution >= 4 is 5.91 Å². The average molecular weight is 268 g/mol. The van der Waals surface area contributed by atoms with Crippen molar-refractivity contribution in [2.75, 3.05) is 13.1 Å². The Kier molecular flexibility index (Phi) is 3.29. The molecular formula is C11H16F4N2O. The van der Waals surface area contributed by atoms with Gasteiger partial charge in [0.1, 0.15) is 0 Å². The lowest BCUT2D eigenvalue weighted by Crippen LogP contribution is -2.47. The van der Waals surface area contributed by atoms with E-state index >= 15 is 0 Å². The number of nitrogens with two attached hydrogens (primary N) is 1. The van der Waals surface area contributed by atoms with E-state index in [1.165, 1.54) is 0 Å².